The van der Waals surface area contributed by atoms with Gasteiger partial charge in [-0.1, -0.05) is 20.8 Å². The van der Waals surface area contributed by atoms with Crippen LogP contribution in [0.25, 0.3) is 0 Å². The van der Waals surface area contributed by atoms with E-state index < -0.39 is 45.2 Å². The Kier molecular flexibility index (Phi) is 5.75. The number of alkyl halides is 3. The summed E-state index contributed by atoms with van der Waals surface area (Å²) in [7, 11) is -1.51. The first-order valence-electron chi connectivity index (χ1n) is 7.01. The standard InChI is InChI=1S/C13H25F3O5Si/c1-12(2,3)22(5,6)21-9-7(17)8(18)11(19-4)20-10(9)13(14,15)16/h7-11,17-18H,1-6H3/t7-,8+,9+,10+,11?/m1/s1. The number of rotatable bonds is 3. The van der Waals surface area contributed by atoms with Gasteiger partial charge in [-0.05, 0) is 18.1 Å². The highest BCUT2D eigenvalue weighted by Gasteiger charge is 2.58. The van der Waals surface area contributed by atoms with Gasteiger partial charge in [0, 0.05) is 7.11 Å². The molecule has 1 saturated heterocycles. The van der Waals surface area contributed by atoms with Gasteiger partial charge >= 0.3 is 6.18 Å². The average molecular weight is 346 g/mol. The van der Waals surface area contributed by atoms with Crippen molar-refractivity contribution in [1.29, 1.82) is 0 Å². The van der Waals surface area contributed by atoms with E-state index >= 15 is 0 Å². The Labute approximate surface area is 129 Å². The molecule has 0 amide bonds. The van der Waals surface area contributed by atoms with Crippen molar-refractivity contribution in [3.63, 3.8) is 0 Å². The molecule has 0 saturated carbocycles. The van der Waals surface area contributed by atoms with Gasteiger partial charge < -0.3 is 24.1 Å². The van der Waals surface area contributed by atoms with E-state index in [1.807, 2.05) is 20.8 Å². The van der Waals surface area contributed by atoms with Crippen LogP contribution in [0.4, 0.5) is 13.2 Å². The summed E-state index contributed by atoms with van der Waals surface area (Å²) in [5.41, 5.74) is 0. The molecule has 9 heteroatoms. The van der Waals surface area contributed by atoms with Crippen molar-refractivity contribution < 1.29 is 37.3 Å². The molecular formula is C13H25F3O5Si. The third kappa shape index (κ3) is 4.01. The fraction of sp³-hybridized carbons (Fsp3) is 1.00. The zero-order chi connectivity index (χ0) is 17.5. The SMILES string of the molecule is COC1O[C@H](C(F)(F)F)[C@@H](O[Si](C)(C)C(C)(C)C)[C@H](O)[C@@H]1O. The zero-order valence-electron chi connectivity index (χ0n) is 13.6. The van der Waals surface area contributed by atoms with E-state index in [0.29, 0.717) is 0 Å². The minimum atomic E-state index is -4.75. The monoisotopic (exact) mass is 346 g/mol. The molecule has 1 aliphatic heterocycles. The summed E-state index contributed by atoms with van der Waals surface area (Å²) in [5, 5.41) is 19.6. The smallest absolute Gasteiger partial charge is 0.408 e. The predicted molar refractivity (Wildman–Crippen MR) is 75.8 cm³/mol. The Hall–Kier alpha value is -0.193. The van der Waals surface area contributed by atoms with Crippen molar-refractivity contribution in [3.05, 3.63) is 0 Å². The third-order valence-corrected chi connectivity index (χ3v) is 8.81. The van der Waals surface area contributed by atoms with Crippen molar-refractivity contribution in [2.45, 2.75) is 75.8 Å². The van der Waals surface area contributed by atoms with E-state index in [0.717, 1.165) is 7.11 Å². The predicted octanol–water partition coefficient (Wildman–Crippen LogP) is 2.03. The summed E-state index contributed by atoms with van der Waals surface area (Å²) in [6.07, 6.45) is -13.7. The van der Waals surface area contributed by atoms with E-state index in [1.165, 1.54) is 0 Å². The van der Waals surface area contributed by atoms with Gasteiger partial charge in [-0.15, -0.1) is 0 Å². The molecule has 1 unspecified atom stereocenters. The fourth-order valence-electron chi connectivity index (χ4n) is 1.94. The molecule has 0 aromatic rings. The minimum absolute atomic E-state index is 0.355. The third-order valence-electron chi connectivity index (χ3n) is 4.34. The molecule has 0 aliphatic carbocycles. The zero-order valence-corrected chi connectivity index (χ0v) is 14.6. The number of aliphatic hydroxyl groups is 2. The van der Waals surface area contributed by atoms with Gasteiger partial charge in [0.25, 0.3) is 0 Å². The van der Waals surface area contributed by atoms with E-state index in [1.54, 1.807) is 13.1 Å². The van der Waals surface area contributed by atoms with Crippen LogP contribution in [-0.4, -0.2) is 62.5 Å². The highest BCUT2D eigenvalue weighted by Crippen LogP contribution is 2.42. The topological polar surface area (TPSA) is 68.2 Å². The molecule has 0 radical (unpaired) electrons. The van der Waals surface area contributed by atoms with Crippen molar-refractivity contribution in [3.8, 4) is 0 Å². The maximum atomic E-state index is 13.2. The summed E-state index contributed by atoms with van der Waals surface area (Å²) >= 11 is 0. The maximum Gasteiger partial charge on any atom is 0.417 e. The summed E-state index contributed by atoms with van der Waals surface area (Å²) in [5.74, 6) is 0. The maximum absolute atomic E-state index is 13.2. The summed E-state index contributed by atoms with van der Waals surface area (Å²) in [6, 6.07) is 0. The normalized spacial score (nSPS) is 34.8. The second kappa shape index (κ2) is 6.37. The molecule has 2 N–H and O–H groups in total. The lowest BCUT2D eigenvalue weighted by Crippen LogP contribution is -2.65. The van der Waals surface area contributed by atoms with Crippen LogP contribution in [0, 0.1) is 0 Å². The molecule has 0 bridgehead atoms. The molecule has 1 heterocycles. The molecule has 5 atom stereocenters. The van der Waals surface area contributed by atoms with Crippen LogP contribution in [0.3, 0.4) is 0 Å². The molecule has 5 nitrogen and oxygen atoms in total. The van der Waals surface area contributed by atoms with Crippen LogP contribution in [-0.2, 0) is 13.9 Å². The van der Waals surface area contributed by atoms with Gasteiger partial charge in [-0.3, -0.25) is 0 Å². The van der Waals surface area contributed by atoms with Crippen LogP contribution in [0.15, 0.2) is 0 Å². The van der Waals surface area contributed by atoms with Gasteiger partial charge in [0.15, 0.2) is 20.7 Å². The Morgan fingerprint density at radius 1 is 1.05 bits per heavy atom. The van der Waals surface area contributed by atoms with Crippen molar-refractivity contribution in [2.24, 2.45) is 0 Å². The lowest BCUT2D eigenvalue weighted by Gasteiger charge is -2.47. The second-order valence-electron chi connectivity index (χ2n) is 7.03. The van der Waals surface area contributed by atoms with E-state index in [9.17, 15) is 23.4 Å². The fourth-order valence-corrected chi connectivity index (χ4v) is 3.24. The van der Waals surface area contributed by atoms with Crippen LogP contribution in [0.5, 0.6) is 0 Å². The van der Waals surface area contributed by atoms with Crippen LogP contribution in [0.1, 0.15) is 20.8 Å². The van der Waals surface area contributed by atoms with Gasteiger partial charge in [0.2, 0.25) is 0 Å². The van der Waals surface area contributed by atoms with Gasteiger partial charge in [0.05, 0.1) is 0 Å². The lowest BCUT2D eigenvalue weighted by atomic mass is 9.98. The van der Waals surface area contributed by atoms with Crippen LogP contribution in [0.2, 0.25) is 18.1 Å². The van der Waals surface area contributed by atoms with Crippen molar-refractivity contribution in [1.82, 2.24) is 0 Å². The first-order valence-corrected chi connectivity index (χ1v) is 9.92. The Morgan fingerprint density at radius 2 is 1.55 bits per heavy atom. The molecule has 22 heavy (non-hydrogen) atoms. The second-order valence-corrected chi connectivity index (χ2v) is 11.8. The summed E-state index contributed by atoms with van der Waals surface area (Å²) in [6.45, 7) is 9.13. The van der Waals surface area contributed by atoms with E-state index in [-0.39, 0.29) is 5.04 Å². The molecule has 0 aromatic heterocycles. The Balaban J connectivity index is 3.11. The van der Waals surface area contributed by atoms with Crippen LogP contribution >= 0.6 is 0 Å². The van der Waals surface area contributed by atoms with Gasteiger partial charge in [-0.2, -0.15) is 13.2 Å². The first kappa shape index (κ1) is 19.9. The number of hydrogen-bond donors (Lipinski definition) is 2. The van der Waals surface area contributed by atoms with Gasteiger partial charge in [-0.25, -0.2) is 0 Å². The van der Waals surface area contributed by atoms with Crippen LogP contribution < -0.4 is 0 Å². The highest BCUT2D eigenvalue weighted by molar-refractivity contribution is 6.74. The molecule has 132 valence electrons. The van der Waals surface area contributed by atoms with Crippen molar-refractivity contribution >= 4 is 8.32 Å². The largest absolute Gasteiger partial charge is 0.417 e. The molecule has 1 rings (SSSR count). The molecule has 1 fully saturated rings. The molecule has 1 aliphatic rings. The minimum Gasteiger partial charge on any atom is -0.408 e. The molecule has 0 spiro atoms. The quantitative estimate of drug-likeness (QED) is 0.766. The Morgan fingerprint density at radius 3 is 1.91 bits per heavy atom. The average Bonchev–Trinajstić information content (AvgIpc) is 2.32. The Bertz CT molecular complexity index is 383. The number of aliphatic hydroxyl groups excluding tert-OH is 2. The number of methoxy groups -OCH3 is 1. The first-order chi connectivity index (χ1) is 9.72. The van der Waals surface area contributed by atoms with Crippen molar-refractivity contribution in [2.75, 3.05) is 7.11 Å². The van der Waals surface area contributed by atoms with Gasteiger partial charge in [0.1, 0.15) is 18.3 Å². The van der Waals surface area contributed by atoms with E-state index in [2.05, 4.69) is 4.74 Å². The lowest BCUT2D eigenvalue weighted by molar-refractivity contribution is -0.347. The molecule has 0 aromatic carbocycles. The highest BCUT2D eigenvalue weighted by atomic mass is 28.4. The molecular weight excluding hydrogens is 321 g/mol. The summed E-state index contributed by atoms with van der Waals surface area (Å²) < 4.78 is 54.9. The number of hydrogen-bond acceptors (Lipinski definition) is 5. The van der Waals surface area contributed by atoms with E-state index in [4.69, 9.17) is 9.16 Å². The number of ether oxygens (including phenoxy) is 2. The number of halogens is 3. The summed E-state index contributed by atoms with van der Waals surface area (Å²) in [4.78, 5) is 0.